The van der Waals surface area contributed by atoms with Crippen molar-refractivity contribution in [3.05, 3.63) is 16.4 Å². The maximum Gasteiger partial charge on any atom is 0.106 e. The highest BCUT2D eigenvalue weighted by molar-refractivity contribution is 9.10. The topological polar surface area (TPSA) is 29.9 Å². The van der Waals surface area contributed by atoms with Crippen LogP contribution in [0.2, 0.25) is 0 Å². The van der Waals surface area contributed by atoms with Crippen molar-refractivity contribution in [1.29, 1.82) is 0 Å². The number of aryl methyl sites for hydroxylation is 1. The maximum absolute atomic E-state index is 4.35. The number of nitrogens with zero attached hydrogens (tertiary/aromatic N) is 2. The van der Waals surface area contributed by atoms with Crippen LogP contribution in [0.3, 0.4) is 0 Å². The number of rotatable bonds is 2. The predicted octanol–water partition coefficient (Wildman–Crippen LogP) is 1.95. The summed E-state index contributed by atoms with van der Waals surface area (Å²) in [6.07, 6.45) is 4.53. The van der Waals surface area contributed by atoms with Gasteiger partial charge in [0.2, 0.25) is 0 Å². The van der Waals surface area contributed by atoms with E-state index < -0.39 is 0 Å². The van der Waals surface area contributed by atoms with Crippen molar-refractivity contribution in [2.75, 3.05) is 13.1 Å². The van der Waals surface area contributed by atoms with Gasteiger partial charge >= 0.3 is 0 Å². The predicted molar refractivity (Wildman–Crippen MR) is 60.3 cm³/mol. The molecule has 1 aromatic heterocycles. The van der Waals surface area contributed by atoms with Crippen LogP contribution < -0.4 is 5.32 Å². The third-order valence-electron chi connectivity index (χ3n) is 2.77. The highest BCUT2D eigenvalue weighted by Gasteiger charge is 2.15. The maximum atomic E-state index is 4.35. The molecule has 0 saturated carbocycles. The summed E-state index contributed by atoms with van der Waals surface area (Å²) >= 11 is 3.56. The lowest BCUT2D eigenvalue weighted by molar-refractivity contribution is 0.323. The molecule has 1 fully saturated rings. The first-order valence-electron chi connectivity index (χ1n) is 5.16. The molecule has 0 radical (unpaired) electrons. The Morgan fingerprint density at radius 1 is 1.71 bits per heavy atom. The molecule has 1 aliphatic heterocycles. The van der Waals surface area contributed by atoms with E-state index in [0.29, 0.717) is 0 Å². The van der Waals surface area contributed by atoms with Gasteiger partial charge in [0, 0.05) is 12.1 Å². The zero-order chi connectivity index (χ0) is 9.97. The Morgan fingerprint density at radius 3 is 3.14 bits per heavy atom. The zero-order valence-electron chi connectivity index (χ0n) is 8.46. The summed E-state index contributed by atoms with van der Waals surface area (Å²) in [7, 11) is 0. The number of halogens is 1. The molecule has 1 unspecified atom stereocenters. The molecule has 2 heterocycles. The number of hydrogen-bond donors (Lipinski definition) is 1. The van der Waals surface area contributed by atoms with Crippen molar-refractivity contribution in [2.45, 2.75) is 26.3 Å². The van der Waals surface area contributed by atoms with Crippen LogP contribution in [-0.2, 0) is 6.54 Å². The van der Waals surface area contributed by atoms with Gasteiger partial charge in [-0.05, 0) is 54.7 Å². The van der Waals surface area contributed by atoms with E-state index in [1.165, 1.54) is 24.9 Å². The average Bonchev–Trinajstić information content (AvgIpc) is 2.52. The van der Waals surface area contributed by atoms with Gasteiger partial charge in [0.15, 0.2) is 0 Å². The standard InChI is InChI=1S/C10H16BrN3/c1-8-5-13-14(10(8)11)7-9-3-2-4-12-6-9/h5,9,12H,2-4,6-7H2,1H3. The second kappa shape index (κ2) is 4.45. The van der Waals surface area contributed by atoms with Gasteiger partial charge < -0.3 is 5.32 Å². The summed E-state index contributed by atoms with van der Waals surface area (Å²) in [5.41, 5.74) is 1.22. The molecule has 1 aromatic rings. The third-order valence-corrected chi connectivity index (χ3v) is 3.81. The van der Waals surface area contributed by atoms with Crippen molar-refractivity contribution in [3.63, 3.8) is 0 Å². The van der Waals surface area contributed by atoms with Crippen molar-refractivity contribution < 1.29 is 0 Å². The molecule has 3 nitrogen and oxygen atoms in total. The zero-order valence-corrected chi connectivity index (χ0v) is 10.0. The van der Waals surface area contributed by atoms with E-state index in [0.717, 1.165) is 23.6 Å². The Labute approximate surface area is 93.0 Å². The summed E-state index contributed by atoms with van der Waals surface area (Å²) in [6.45, 7) is 5.41. The molecule has 1 atom stereocenters. The summed E-state index contributed by atoms with van der Waals surface area (Å²) in [5, 5.41) is 7.78. The summed E-state index contributed by atoms with van der Waals surface area (Å²) < 4.78 is 3.19. The molecule has 0 aromatic carbocycles. The van der Waals surface area contributed by atoms with Crippen LogP contribution in [0, 0.1) is 12.8 Å². The van der Waals surface area contributed by atoms with Crippen molar-refractivity contribution in [1.82, 2.24) is 15.1 Å². The number of hydrogen-bond acceptors (Lipinski definition) is 2. The van der Waals surface area contributed by atoms with E-state index in [9.17, 15) is 0 Å². The van der Waals surface area contributed by atoms with Crippen LogP contribution >= 0.6 is 15.9 Å². The molecule has 78 valence electrons. The van der Waals surface area contributed by atoms with Gasteiger partial charge in [0.05, 0.1) is 6.20 Å². The van der Waals surface area contributed by atoms with E-state index in [2.05, 4.69) is 38.0 Å². The normalized spacial score (nSPS) is 22.6. The summed E-state index contributed by atoms with van der Waals surface area (Å²) in [5.74, 6) is 0.736. The molecule has 0 bridgehead atoms. The minimum absolute atomic E-state index is 0.736. The van der Waals surface area contributed by atoms with Gasteiger partial charge in [0.25, 0.3) is 0 Å². The fourth-order valence-corrected chi connectivity index (χ4v) is 2.25. The fourth-order valence-electron chi connectivity index (χ4n) is 1.92. The fraction of sp³-hybridized carbons (Fsp3) is 0.700. The Balaban J connectivity index is 1.99. The van der Waals surface area contributed by atoms with Crippen LogP contribution in [-0.4, -0.2) is 22.9 Å². The lowest BCUT2D eigenvalue weighted by Gasteiger charge is -2.22. The lowest BCUT2D eigenvalue weighted by Crippen LogP contribution is -2.32. The Kier molecular flexibility index (Phi) is 3.23. The van der Waals surface area contributed by atoms with Gasteiger partial charge in [-0.3, -0.25) is 4.68 Å². The average molecular weight is 258 g/mol. The number of aromatic nitrogens is 2. The van der Waals surface area contributed by atoms with Crippen molar-refractivity contribution in [2.24, 2.45) is 5.92 Å². The monoisotopic (exact) mass is 257 g/mol. The van der Waals surface area contributed by atoms with Crippen LogP contribution in [0.4, 0.5) is 0 Å². The van der Waals surface area contributed by atoms with Gasteiger partial charge in [-0.25, -0.2) is 0 Å². The highest BCUT2D eigenvalue weighted by atomic mass is 79.9. The molecule has 14 heavy (non-hydrogen) atoms. The van der Waals surface area contributed by atoms with Gasteiger partial charge in [-0.1, -0.05) is 0 Å². The van der Waals surface area contributed by atoms with Crippen LogP contribution in [0.1, 0.15) is 18.4 Å². The summed E-state index contributed by atoms with van der Waals surface area (Å²) in [4.78, 5) is 0. The van der Waals surface area contributed by atoms with Gasteiger partial charge in [-0.2, -0.15) is 5.10 Å². The smallest absolute Gasteiger partial charge is 0.106 e. The van der Waals surface area contributed by atoms with Crippen molar-refractivity contribution in [3.8, 4) is 0 Å². The van der Waals surface area contributed by atoms with Crippen molar-refractivity contribution >= 4 is 15.9 Å². The Morgan fingerprint density at radius 2 is 2.57 bits per heavy atom. The first-order chi connectivity index (χ1) is 6.77. The minimum atomic E-state index is 0.736. The van der Waals surface area contributed by atoms with E-state index in [-0.39, 0.29) is 0 Å². The van der Waals surface area contributed by atoms with E-state index in [1.54, 1.807) is 0 Å². The van der Waals surface area contributed by atoms with E-state index in [1.807, 2.05) is 6.20 Å². The third kappa shape index (κ3) is 2.17. The molecular formula is C10H16BrN3. The molecule has 1 N–H and O–H groups in total. The minimum Gasteiger partial charge on any atom is -0.316 e. The Hall–Kier alpha value is -0.350. The Bertz CT molecular complexity index is 302. The molecule has 0 aliphatic carbocycles. The highest BCUT2D eigenvalue weighted by Crippen LogP contribution is 2.18. The first kappa shape index (κ1) is 10.2. The van der Waals surface area contributed by atoms with Gasteiger partial charge in [-0.15, -0.1) is 0 Å². The molecule has 2 rings (SSSR count). The second-order valence-corrected chi connectivity index (χ2v) is 4.76. The molecular weight excluding hydrogens is 242 g/mol. The summed E-state index contributed by atoms with van der Waals surface area (Å²) in [6, 6.07) is 0. The second-order valence-electron chi connectivity index (χ2n) is 4.01. The SMILES string of the molecule is Cc1cnn(CC2CCCNC2)c1Br. The molecule has 4 heteroatoms. The van der Waals surface area contributed by atoms with Gasteiger partial charge in [0.1, 0.15) is 4.60 Å². The molecule has 0 amide bonds. The number of piperidine rings is 1. The van der Waals surface area contributed by atoms with E-state index >= 15 is 0 Å². The lowest BCUT2D eigenvalue weighted by atomic mass is 10.00. The van der Waals surface area contributed by atoms with E-state index in [4.69, 9.17) is 0 Å². The van der Waals surface area contributed by atoms with Crippen LogP contribution in [0.5, 0.6) is 0 Å². The van der Waals surface area contributed by atoms with Crippen LogP contribution in [0.15, 0.2) is 10.8 Å². The molecule has 1 aliphatic rings. The number of nitrogens with one attached hydrogen (secondary N) is 1. The quantitative estimate of drug-likeness (QED) is 0.878. The first-order valence-corrected chi connectivity index (χ1v) is 5.95. The molecule has 1 saturated heterocycles. The molecule has 0 spiro atoms. The van der Waals surface area contributed by atoms with Crippen LogP contribution in [0.25, 0.3) is 0 Å². The largest absolute Gasteiger partial charge is 0.316 e.